The second-order valence-corrected chi connectivity index (χ2v) is 6.83. The van der Waals surface area contributed by atoms with Crippen LogP contribution in [0.1, 0.15) is 46.0 Å². The van der Waals surface area contributed by atoms with Crippen molar-refractivity contribution < 1.29 is 18.3 Å². The molecule has 0 aromatic heterocycles. The molecular weight excluding hydrogens is 286 g/mol. The molecule has 4 atom stereocenters. The molecule has 126 valence electrons. The Morgan fingerprint density at radius 2 is 2.00 bits per heavy atom. The SMILES string of the molecule is COC(OCC(C)C1CCCCC1)C1=C[C@H](F)C(C)(F)C=C1. The van der Waals surface area contributed by atoms with Crippen LogP contribution in [-0.2, 0) is 9.47 Å². The maximum absolute atomic E-state index is 13.8. The molecule has 0 aromatic rings. The Morgan fingerprint density at radius 1 is 1.32 bits per heavy atom. The second kappa shape index (κ2) is 7.69. The summed E-state index contributed by atoms with van der Waals surface area (Å²) < 4.78 is 38.7. The van der Waals surface area contributed by atoms with E-state index < -0.39 is 18.1 Å². The van der Waals surface area contributed by atoms with Gasteiger partial charge in [0.1, 0.15) is 0 Å². The van der Waals surface area contributed by atoms with Gasteiger partial charge in [-0.3, -0.25) is 0 Å². The highest BCUT2D eigenvalue weighted by Crippen LogP contribution is 2.32. The van der Waals surface area contributed by atoms with Crippen molar-refractivity contribution in [1.29, 1.82) is 0 Å². The summed E-state index contributed by atoms with van der Waals surface area (Å²) in [7, 11) is 1.53. The molecule has 22 heavy (non-hydrogen) atoms. The third-order valence-corrected chi connectivity index (χ3v) is 4.93. The number of alkyl halides is 2. The Balaban J connectivity index is 1.88. The van der Waals surface area contributed by atoms with E-state index in [1.807, 2.05) is 0 Å². The van der Waals surface area contributed by atoms with Gasteiger partial charge < -0.3 is 9.47 Å². The number of hydrogen-bond acceptors (Lipinski definition) is 2. The van der Waals surface area contributed by atoms with Crippen LogP contribution >= 0.6 is 0 Å². The van der Waals surface area contributed by atoms with E-state index in [0.29, 0.717) is 24.0 Å². The van der Waals surface area contributed by atoms with Gasteiger partial charge in [0, 0.05) is 12.7 Å². The number of methoxy groups -OCH3 is 1. The quantitative estimate of drug-likeness (QED) is 0.658. The van der Waals surface area contributed by atoms with Crippen LogP contribution in [0.4, 0.5) is 8.78 Å². The lowest BCUT2D eigenvalue weighted by atomic mass is 9.81. The summed E-state index contributed by atoms with van der Waals surface area (Å²) >= 11 is 0. The molecule has 2 rings (SSSR count). The minimum atomic E-state index is -1.95. The lowest BCUT2D eigenvalue weighted by molar-refractivity contribution is -0.110. The average Bonchev–Trinajstić information content (AvgIpc) is 2.52. The third-order valence-electron chi connectivity index (χ3n) is 4.93. The molecule has 4 heteroatoms. The zero-order valence-corrected chi connectivity index (χ0v) is 13.9. The standard InChI is InChI=1S/C18H28F2O2/c1-13(14-7-5-4-6-8-14)12-22-17(21-3)15-9-10-18(2,20)16(19)11-15/h9-11,13-14,16-17H,4-8,12H2,1-3H3/t13?,16-,17?,18?/m0/s1. The van der Waals surface area contributed by atoms with Crippen LogP contribution in [0.25, 0.3) is 0 Å². The molecule has 0 aliphatic heterocycles. The molecule has 0 spiro atoms. The first-order valence-electron chi connectivity index (χ1n) is 8.32. The summed E-state index contributed by atoms with van der Waals surface area (Å²) in [5.41, 5.74) is -1.39. The van der Waals surface area contributed by atoms with Gasteiger partial charge in [0.05, 0.1) is 6.61 Å². The fourth-order valence-electron chi connectivity index (χ4n) is 3.27. The van der Waals surface area contributed by atoms with Crippen LogP contribution in [0.5, 0.6) is 0 Å². The predicted octanol–water partition coefficient (Wildman–Crippen LogP) is 4.75. The fourth-order valence-corrected chi connectivity index (χ4v) is 3.27. The van der Waals surface area contributed by atoms with Crippen molar-refractivity contribution >= 4 is 0 Å². The Hall–Kier alpha value is -0.740. The van der Waals surface area contributed by atoms with Crippen LogP contribution < -0.4 is 0 Å². The Kier molecular flexibility index (Phi) is 6.16. The van der Waals surface area contributed by atoms with E-state index >= 15 is 0 Å². The minimum Gasteiger partial charge on any atom is -0.352 e. The van der Waals surface area contributed by atoms with Crippen LogP contribution in [-0.4, -0.2) is 31.8 Å². The van der Waals surface area contributed by atoms with Crippen molar-refractivity contribution in [2.75, 3.05) is 13.7 Å². The van der Waals surface area contributed by atoms with Crippen LogP contribution in [0.3, 0.4) is 0 Å². The number of hydrogen-bond donors (Lipinski definition) is 0. The van der Waals surface area contributed by atoms with E-state index in [-0.39, 0.29) is 0 Å². The highest BCUT2D eigenvalue weighted by Gasteiger charge is 2.34. The minimum absolute atomic E-state index is 0.457. The monoisotopic (exact) mass is 314 g/mol. The highest BCUT2D eigenvalue weighted by molar-refractivity contribution is 5.32. The van der Waals surface area contributed by atoms with Gasteiger partial charge in [0.2, 0.25) is 0 Å². The van der Waals surface area contributed by atoms with Crippen molar-refractivity contribution in [1.82, 2.24) is 0 Å². The van der Waals surface area contributed by atoms with Gasteiger partial charge in [-0.2, -0.15) is 0 Å². The topological polar surface area (TPSA) is 18.5 Å². The molecule has 2 nitrogen and oxygen atoms in total. The zero-order valence-electron chi connectivity index (χ0n) is 13.9. The summed E-state index contributed by atoms with van der Waals surface area (Å²) in [4.78, 5) is 0. The molecular formula is C18H28F2O2. The van der Waals surface area contributed by atoms with Gasteiger partial charge in [-0.05, 0) is 30.9 Å². The molecule has 0 bridgehead atoms. The average molecular weight is 314 g/mol. The summed E-state index contributed by atoms with van der Waals surface area (Å²) in [6.45, 7) is 4.01. The molecule has 0 radical (unpaired) electrons. The number of allylic oxidation sites excluding steroid dienone is 2. The molecule has 0 heterocycles. The van der Waals surface area contributed by atoms with Crippen molar-refractivity contribution in [3.05, 3.63) is 23.8 Å². The van der Waals surface area contributed by atoms with E-state index in [9.17, 15) is 8.78 Å². The molecule has 2 aliphatic carbocycles. The van der Waals surface area contributed by atoms with E-state index in [1.165, 1.54) is 58.3 Å². The first-order valence-corrected chi connectivity index (χ1v) is 8.32. The maximum Gasteiger partial charge on any atom is 0.183 e. The molecule has 0 N–H and O–H groups in total. The summed E-state index contributed by atoms with van der Waals surface area (Å²) in [6, 6.07) is 0. The molecule has 0 amide bonds. The Labute approximate surface area is 132 Å². The molecule has 0 saturated heterocycles. The van der Waals surface area contributed by atoms with Gasteiger partial charge in [-0.1, -0.05) is 45.1 Å². The van der Waals surface area contributed by atoms with Crippen molar-refractivity contribution in [3.8, 4) is 0 Å². The van der Waals surface area contributed by atoms with Crippen molar-refractivity contribution in [2.45, 2.75) is 64.1 Å². The maximum atomic E-state index is 13.8. The van der Waals surface area contributed by atoms with Crippen LogP contribution in [0, 0.1) is 11.8 Å². The van der Waals surface area contributed by atoms with E-state index in [1.54, 1.807) is 6.08 Å². The molecule has 1 fully saturated rings. The van der Waals surface area contributed by atoms with Gasteiger partial charge in [0.15, 0.2) is 18.1 Å². The lowest BCUT2D eigenvalue weighted by Crippen LogP contribution is -2.33. The predicted molar refractivity (Wildman–Crippen MR) is 84.1 cm³/mol. The summed E-state index contributed by atoms with van der Waals surface area (Å²) in [6.07, 6.45) is 8.24. The van der Waals surface area contributed by atoms with E-state index in [4.69, 9.17) is 9.47 Å². The zero-order chi connectivity index (χ0) is 16.2. The summed E-state index contributed by atoms with van der Waals surface area (Å²) in [5, 5.41) is 0. The van der Waals surface area contributed by atoms with Crippen LogP contribution in [0.2, 0.25) is 0 Å². The van der Waals surface area contributed by atoms with Gasteiger partial charge in [-0.25, -0.2) is 8.78 Å². The number of halogens is 2. The van der Waals surface area contributed by atoms with Crippen LogP contribution in [0.15, 0.2) is 23.8 Å². The van der Waals surface area contributed by atoms with Crippen molar-refractivity contribution in [2.24, 2.45) is 11.8 Å². The first kappa shape index (κ1) is 17.6. The molecule has 1 saturated carbocycles. The third kappa shape index (κ3) is 4.39. The second-order valence-electron chi connectivity index (χ2n) is 6.83. The fraction of sp³-hybridized carbons (Fsp3) is 0.778. The van der Waals surface area contributed by atoms with Gasteiger partial charge >= 0.3 is 0 Å². The molecule has 2 aliphatic rings. The van der Waals surface area contributed by atoms with E-state index in [2.05, 4.69) is 6.92 Å². The summed E-state index contributed by atoms with van der Waals surface area (Å²) in [5.74, 6) is 1.16. The largest absolute Gasteiger partial charge is 0.352 e. The van der Waals surface area contributed by atoms with E-state index in [0.717, 1.165) is 0 Å². The number of rotatable bonds is 6. The van der Waals surface area contributed by atoms with Gasteiger partial charge in [-0.15, -0.1) is 0 Å². The lowest BCUT2D eigenvalue weighted by Gasteiger charge is -2.30. The smallest absolute Gasteiger partial charge is 0.183 e. The number of ether oxygens (including phenoxy) is 2. The highest BCUT2D eigenvalue weighted by atomic mass is 19.2. The normalized spacial score (nSPS) is 32.6. The Bertz CT molecular complexity index is 411. The van der Waals surface area contributed by atoms with Crippen molar-refractivity contribution in [3.63, 3.8) is 0 Å². The first-order chi connectivity index (χ1) is 10.4. The van der Waals surface area contributed by atoms with Gasteiger partial charge in [0.25, 0.3) is 0 Å². The molecule has 0 aromatic carbocycles. The Morgan fingerprint density at radius 3 is 2.59 bits per heavy atom. The molecule has 3 unspecified atom stereocenters.